The average Bonchev–Trinajstić information content (AvgIpc) is 2.37. The molecule has 0 fully saturated rings. The summed E-state index contributed by atoms with van der Waals surface area (Å²) in [5.74, 6) is -0.373. The molecule has 18 heavy (non-hydrogen) atoms. The summed E-state index contributed by atoms with van der Waals surface area (Å²) in [5.41, 5.74) is 6.16. The molecule has 0 aliphatic rings. The van der Waals surface area contributed by atoms with Gasteiger partial charge in [-0.05, 0) is 30.3 Å². The molecule has 2 rings (SSSR count). The summed E-state index contributed by atoms with van der Waals surface area (Å²) in [6.45, 7) is 0. The number of nitriles is 1. The monoisotopic (exact) mass is 262 g/mol. The fourth-order valence-electron chi connectivity index (χ4n) is 1.38. The van der Waals surface area contributed by atoms with Crippen LogP contribution in [0.15, 0.2) is 36.4 Å². The van der Waals surface area contributed by atoms with Gasteiger partial charge in [0.25, 0.3) is 0 Å². The molecule has 0 unspecified atom stereocenters. The highest BCUT2D eigenvalue weighted by molar-refractivity contribution is 6.33. The van der Waals surface area contributed by atoms with E-state index in [-0.39, 0.29) is 22.7 Å². The second-order valence-electron chi connectivity index (χ2n) is 3.51. The molecule has 2 N–H and O–H groups in total. The second-order valence-corrected chi connectivity index (χ2v) is 3.92. The molecule has 5 heteroatoms. The van der Waals surface area contributed by atoms with Gasteiger partial charge < -0.3 is 10.5 Å². The van der Waals surface area contributed by atoms with Crippen LogP contribution in [0.4, 0.5) is 10.1 Å². The van der Waals surface area contributed by atoms with E-state index in [1.54, 1.807) is 18.2 Å². The Balaban J connectivity index is 2.35. The lowest BCUT2D eigenvalue weighted by molar-refractivity contribution is 0.444. The van der Waals surface area contributed by atoms with Crippen molar-refractivity contribution in [3.63, 3.8) is 0 Å². The Labute approximate surface area is 108 Å². The first kappa shape index (κ1) is 12.2. The van der Waals surface area contributed by atoms with Crippen LogP contribution in [-0.4, -0.2) is 0 Å². The third-order valence-corrected chi connectivity index (χ3v) is 2.62. The molecule has 90 valence electrons. The minimum atomic E-state index is -0.631. The van der Waals surface area contributed by atoms with E-state index in [1.165, 1.54) is 12.1 Å². The maximum atomic E-state index is 13.6. The number of anilines is 1. The number of hydrogen-bond donors (Lipinski definition) is 1. The Kier molecular flexibility index (Phi) is 3.35. The molecular weight excluding hydrogens is 255 g/mol. The molecular formula is C13H8ClFN2O. The third-order valence-electron chi connectivity index (χ3n) is 2.29. The topological polar surface area (TPSA) is 59.0 Å². The van der Waals surface area contributed by atoms with E-state index in [4.69, 9.17) is 27.3 Å². The van der Waals surface area contributed by atoms with Crippen LogP contribution in [-0.2, 0) is 0 Å². The SMILES string of the molecule is N#Cc1ccc(Oc2cccc(Cl)c2N)c(F)c1. The number of nitrogen functional groups attached to an aromatic ring is 1. The fourth-order valence-corrected chi connectivity index (χ4v) is 1.54. The lowest BCUT2D eigenvalue weighted by Gasteiger charge is -2.10. The van der Waals surface area contributed by atoms with E-state index in [0.717, 1.165) is 6.07 Å². The van der Waals surface area contributed by atoms with E-state index in [0.29, 0.717) is 5.02 Å². The molecule has 0 spiro atoms. The highest BCUT2D eigenvalue weighted by Gasteiger charge is 2.09. The van der Waals surface area contributed by atoms with Crippen LogP contribution in [0.2, 0.25) is 5.02 Å². The van der Waals surface area contributed by atoms with Gasteiger partial charge >= 0.3 is 0 Å². The van der Waals surface area contributed by atoms with Crippen molar-refractivity contribution in [2.75, 3.05) is 5.73 Å². The predicted molar refractivity (Wildman–Crippen MR) is 67.1 cm³/mol. The smallest absolute Gasteiger partial charge is 0.167 e. The number of nitrogens with zero attached hydrogens (tertiary/aromatic N) is 1. The molecule has 0 aliphatic heterocycles. The summed E-state index contributed by atoms with van der Waals surface area (Å²) < 4.78 is 18.9. The first-order chi connectivity index (χ1) is 8.61. The number of hydrogen-bond acceptors (Lipinski definition) is 3. The van der Waals surface area contributed by atoms with Crippen LogP contribution < -0.4 is 10.5 Å². The minimum Gasteiger partial charge on any atom is -0.452 e. The Morgan fingerprint density at radius 3 is 2.67 bits per heavy atom. The van der Waals surface area contributed by atoms with Crippen molar-refractivity contribution in [1.82, 2.24) is 0 Å². The predicted octanol–water partition coefficient (Wildman–Crippen LogP) is 3.73. The quantitative estimate of drug-likeness (QED) is 0.839. The molecule has 0 bridgehead atoms. The Bertz CT molecular complexity index is 637. The fraction of sp³-hybridized carbons (Fsp3) is 0. The molecule has 3 nitrogen and oxygen atoms in total. The Morgan fingerprint density at radius 2 is 2.00 bits per heavy atom. The number of para-hydroxylation sites is 1. The summed E-state index contributed by atoms with van der Waals surface area (Å²) in [5, 5.41) is 8.96. The zero-order valence-electron chi connectivity index (χ0n) is 9.15. The Morgan fingerprint density at radius 1 is 1.22 bits per heavy atom. The van der Waals surface area contributed by atoms with Crippen molar-refractivity contribution >= 4 is 17.3 Å². The van der Waals surface area contributed by atoms with Crippen molar-refractivity contribution < 1.29 is 9.13 Å². The number of rotatable bonds is 2. The maximum Gasteiger partial charge on any atom is 0.167 e. The largest absolute Gasteiger partial charge is 0.452 e. The lowest BCUT2D eigenvalue weighted by atomic mass is 10.2. The van der Waals surface area contributed by atoms with Crippen LogP contribution >= 0.6 is 11.6 Å². The van der Waals surface area contributed by atoms with Crippen LogP contribution in [0.25, 0.3) is 0 Å². The molecule has 0 aromatic heterocycles. The van der Waals surface area contributed by atoms with Gasteiger partial charge in [-0.3, -0.25) is 0 Å². The van der Waals surface area contributed by atoms with E-state index in [9.17, 15) is 4.39 Å². The van der Waals surface area contributed by atoms with Gasteiger partial charge in [-0.15, -0.1) is 0 Å². The molecule has 2 aromatic rings. The van der Waals surface area contributed by atoms with Gasteiger partial charge in [-0.1, -0.05) is 17.7 Å². The molecule has 2 aromatic carbocycles. The maximum absolute atomic E-state index is 13.6. The van der Waals surface area contributed by atoms with E-state index < -0.39 is 5.82 Å². The van der Waals surface area contributed by atoms with Gasteiger partial charge in [0, 0.05) is 0 Å². The van der Waals surface area contributed by atoms with Crippen molar-refractivity contribution in [2.24, 2.45) is 0 Å². The molecule has 0 amide bonds. The van der Waals surface area contributed by atoms with Crippen molar-refractivity contribution in [1.29, 1.82) is 5.26 Å². The van der Waals surface area contributed by atoms with E-state index >= 15 is 0 Å². The van der Waals surface area contributed by atoms with E-state index in [1.807, 2.05) is 6.07 Å². The van der Waals surface area contributed by atoms with Crippen LogP contribution in [0.3, 0.4) is 0 Å². The lowest BCUT2D eigenvalue weighted by Crippen LogP contribution is -1.94. The standard InChI is InChI=1S/C13H8ClFN2O/c14-9-2-1-3-12(13(9)17)18-11-5-4-8(7-16)6-10(11)15/h1-6H,17H2. The minimum absolute atomic E-state index is 0.0111. The average molecular weight is 263 g/mol. The number of benzene rings is 2. The van der Waals surface area contributed by atoms with Crippen LogP contribution in [0, 0.1) is 17.1 Å². The van der Waals surface area contributed by atoms with Gasteiger partial charge in [0.05, 0.1) is 22.3 Å². The van der Waals surface area contributed by atoms with Crippen LogP contribution in [0.1, 0.15) is 5.56 Å². The highest BCUT2D eigenvalue weighted by atomic mass is 35.5. The number of halogens is 2. The normalized spacial score (nSPS) is 9.83. The molecule has 0 saturated carbocycles. The van der Waals surface area contributed by atoms with Gasteiger partial charge in [0.1, 0.15) is 0 Å². The zero-order chi connectivity index (χ0) is 13.1. The summed E-state index contributed by atoms with van der Waals surface area (Å²) >= 11 is 5.83. The molecule has 0 aliphatic carbocycles. The summed E-state index contributed by atoms with van der Waals surface area (Å²) in [7, 11) is 0. The summed E-state index contributed by atoms with van der Waals surface area (Å²) in [4.78, 5) is 0. The molecule has 0 heterocycles. The number of nitrogens with two attached hydrogens (primary N) is 1. The highest BCUT2D eigenvalue weighted by Crippen LogP contribution is 2.33. The van der Waals surface area contributed by atoms with Gasteiger partial charge in [-0.2, -0.15) is 5.26 Å². The van der Waals surface area contributed by atoms with Crippen LogP contribution in [0.5, 0.6) is 11.5 Å². The molecule has 0 atom stereocenters. The number of ether oxygens (including phenoxy) is 1. The Hall–Kier alpha value is -2.25. The first-order valence-corrected chi connectivity index (χ1v) is 5.41. The molecule has 0 radical (unpaired) electrons. The van der Waals surface area contributed by atoms with Gasteiger partial charge in [-0.25, -0.2) is 4.39 Å². The summed E-state index contributed by atoms with van der Waals surface area (Å²) in [6, 6.07) is 10.6. The third kappa shape index (κ3) is 2.36. The van der Waals surface area contributed by atoms with Gasteiger partial charge in [0.2, 0.25) is 0 Å². The van der Waals surface area contributed by atoms with E-state index in [2.05, 4.69) is 0 Å². The summed E-state index contributed by atoms with van der Waals surface area (Å²) in [6.07, 6.45) is 0. The van der Waals surface area contributed by atoms with Crippen molar-refractivity contribution in [3.05, 3.63) is 52.8 Å². The van der Waals surface area contributed by atoms with Crippen molar-refractivity contribution in [2.45, 2.75) is 0 Å². The first-order valence-electron chi connectivity index (χ1n) is 5.03. The zero-order valence-corrected chi connectivity index (χ0v) is 9.91. The van der Waals surface area contributed by atoms with Crippen molar-refractivity contribution in [3.8, 4) is 17.6 Å². The molecule has 0 saturated heterocycles. The van der Waals surface area contributed by atoms with Gasteiger partial charge in [0.15, 0.2) is 17.3 Å². The second kappa shape index (κ2) is 4.94.